The van der Waals surface area contributed by atoms with Crippen molar-refractivity contribution in [1.29, 1.82) is 0 Å². The Morgan fingerprint density at radius 2 is 1.25 bits per heavy atom. The molecule has 0 radical (unpaired) electrons. The number of hydrogen-bond donors (Lipinski definition) is 0. The van der Waals surface area contributed by atoms with Crippen molar-refractivity contribution in [1.82, 2.24) is 24.5 Å². The number of aryl methyl sites for hydroxylation is 4. The number of hydrogen-bond acceptors (Lipinski definition) is 5. The fourth-order valence-electron chi connectivity index (χ4n) is 7.54. The molecule has 8 nitrogen and oxygen atoms in total. The van der Waals surface area contributed by atoms with Crippen molar-refractivity contribution < 1.29 is 35.0 Å². The minimum absolute atomic E-state index is 0. The molecule has 1 aliphatic rings. The summed E-state index contributed by atoms with van der Waals surface area (Å²) in [6.07, 6.45) is 5.77. The van der Waals surface area contributed by atoms with Gasteiger partial charge >= 0.3 is 27.1 Å². The standard InChI is InChI=1S/C52H39N7O.Pt/c1-33-16-20-38(21-17-33)50-54-51(39-22-18-34(2)19-23-39)56-52(55-50)45-30-44-43-13-6-7-14-46(43)59(49-15-8-9-24-53-49)47(44)31-48(45)60-42-12-10-11-40(29-42)57-25-26-58(32-57)41-27-35(3)37(5)36(4)28-41;/h6-28,30H,1-5H3;/q;+2. The van der Waals surface area contributed by atoms with Crippen molar-refractivity contribution in [2.24, 2.45) is 0 Å². The first-order chi connectivity index (χ1) is 29.3. The summed E-state index contributed by atoms with van der Waals surface area (Å²) in [4.78, 5) is 20.1. The van der Waals surface area contributed by atoms with Crippen molar-refractivity contribution in [3.05, 3.63) is 186 Å². The maximum absolute atomic E-state index is 6.90. The average Bonchev–Trinajstić information content (AvgIpc) is 3.90. The molecule has 0 atom stereocenters. The van der Waals surface area contributed by atoms with E-state index in [1.807, 2.05) is 94.3 Å². The SMILES string of the molecule is Cc1ccc(-c2nc(-c3ccc(C)cc3)nc(-c3cc4c5ccccc5n(-c5ccccn5)c4[c-]c3Oc3[c-]c([N+]4=C=[N+](c5cc(C)c(C)c(C)c5)C=C4)ccc3)n2)cc1.[Pt+2]. The topological polar surface area (TPSA) is 71.7 Å². The van der Waals surface area contributed by atoms with E-state index in [0.29, 0.717) is 34.5 Å². The Labute approximate surface area is 368 Å². The normalized spacial score (nSPS) is 12.1. The van der Waals surface area contributed by atoms with Gasteiger partial charge in [-0.25, -0.2) is 19.9 Å². The van der Waals surface area contributed by atoms with Crippen molar-refractivity contribution in [2.75, 3.05) is 0 Å². The molecule has 0 fully saturated rings. The monoisotopic (exact) mass is 972 g/mol. The molecule has 296 valence electrons. The van der Waals surface area contributed by atoms with Crippen LogP contribution in [-0.4, -0.2) is 39.7 Å². The summed E-state index contributed by atoms with van der Waals surface area (Å²) in [5.41, 5.74) is 12.1. The molecule has 0 amide bonds. The first-order valence-electron chi connectivity index (χ1n) is 19.9. The second-order valence-corrected chi connectivity index (χ2v) is 15.2. The van der Waals surface area contributed by atoms with E-state index >= 15 is 0 Å². The molecule has 0 aliphatic carbocycles. The number of para-hydroxylation sites is 1. The number of ether oxygens (including phenoxy) is 1. The van der Waals surface area contributed by atoms with Crippen LogP contribution >= 0.6 is 0 Å². The Morgan fingerprint density at radius 1 is 0.607 bits per heavy atom. The first kappa shape index (κ1) is 39.4. The van der Waals surface area contributed by atoms with E-state index in [0.717, 1.165) is 61.3 Å². The van der Waals surface area contributed by atoms with Gasteiger partial charge in [0, 0.05) is 46.5 Å². The predicted octanol–water partition coefficient (Wildman–Crippen LogP) is 11.9. The molecule has 61 heavy (non-hydrogen) atoms. The zero-order chi connectivity index (χ0) is 40.9. The molecule has 0 saturated heterocycles. The van der Waals surface area contributed by atoms with Gasteiger partial charge in [-0.1, -0.05) is 111 Å². The summed E-state index contributed by atoms with van der Waals surface area (Å²) >= 11 is 0. The van der Waals surface area contributed by atoms with Gasteiger partial charge in [0.1, 0.15) is 17.3 Å². The Hall–Kier alpha value is -7.11. The molecule has 0 saturated carbocycles. The number of aromatic nitrogens is 5. The molecular weight excluding hydrogens is 934 g/mol. The molecule has 4 heterocycles. The van der Waals surface area contributed by atoms with E-state index in [4.69, 9.17) is 24.7 Å². The van der Waals surface area contributed by atoms with E-state index in [-0.39, 0.29) is 21.1 Å². The maximum Gasteiger partial charge on any atom is 2.00 e. The summed E-state index contributed by atoms with van der Waals surface area (Å²) in [7, 11) is 0. The molecule has 3 aromatic heterocycles. The van der Waals surface area contributed by atoms with Gasteiger partial charge < -0.3 is 9.30 Å². The predicted molar refractivity (Wildman–Crippen MR) is 237 cm³/mol. The quantitative estimate of drug-likeness (QED) is 0.112. The zero-order valence-corrected chi connectivity index (χ0v) is 36.5. The number of rotatable bonds is 8. The minimum Gasteiger partial charge on any atom is -0.508 e. The number of fused-ring (bicyclic) bond motifs is 3. The van der Waals surface area contributed by atoms with Crippen molar-refractivity contribution in [3.8, 4) is 51.5 Å². The molecule has 0 N–H and O–H groups in total. The van der Waals surface area contributed by atoms with Crippen LogP contribution in [0, 0.1) is 46.8 Å². The van der Waals surface area contributed by atoms with E-state index in [1.165, 1.54) is 16.7 Å². The van der Waals surface area contributed by atoms with Crippen LogP contribution in [-0.2, 0) is 21.1 Å². The third-order valence-electron chi connectivity index (χ3n) is 11.0. The summed E-state index contributed by atoms with van der Waals surface area (Å²) < 4.78 is 12.9. The van der Waals surface area contributed by atoms with Gasteiger partial charge in [0.05, 0.1) is 0 Å². The fraction of sp³-hybridized carbons (Fsp3) is 0.0962. The largest absolute Gasteiger partial charge is 2.00 e. The molecular formula is C52H39N7OPt+2. The molecule has 0 unspecified atom stereocenters. The summed E-state index contributed by atoms with van der Waals surface area (Å²) in [5, 5.41) is 2.00. The second kappa shape index (κ2) is 16.2. The summed E-state index contributed by atoms with van der Waals surface area (Å²) in [6, 6.07) is 53.6. The van der Waals surface area contributed by atoms with Crippen LogP contribution in [0.5, 0.6) is 11.5 Å². The van der Waals surface area contributed by atoms with Gasteiger partial charge in [0.25, 0.3) is 12.4 Å². The molecule has 9 aromatic rings. The van der Waals surface area contributed by atoms with E-state index in [2.05, 4.69) is 112 Å². The molecule has 1 aliphatic heterocycles. The van der Waals surface area contributed by atoms with Gasteiger partial charge in [0.15, 0.2) is 11.6 Å². The van der Waals surface area contributed by atoms with Crippen LogP contribution in [0.15, 0.2) is 146 Å². The third-order valence-corrected chi connectivity index (χ3v) is 11.0. The Bertz CT molecular complexity index is 3170. The number of pyridine rings is 1. The molecule has 10 rings (SSSR count). The van der Waals surface area contributed by atoms with E-state index < -0.39 is 0 Å². The Balaban J connectivity index is 0.00000476. The van der Waals surface area contributed by atoms with Crippen molar-refractivity contribution >= 4 is 39.2 Å². The third kappa shape index (κ3) is 7.53. The number of benzene rings is 6. The molecule has 0 bridgehead atoms. The van der Waals surface area contributed by atoms with E-state index in [1.54, 1.807) is 6.20 Å². The maximum atomic E-state index is 6.90. The summed E-state index contributed by atoms with van der Waals surface area (Å²) in [6.45, 7) is 10.6. The molecule has 9 heteroatoms. The van der Waals surface area contributed by atoms with Gasteiger partial charge in [-0.05, 0) is 80.5 Å². The van der Waals surface area contributed by atoms with Crippen LogP contribution in [0.1, 0.15) is 27.8 Å². The van der Waals surface area contributed by atoms with Gasteiger partial charge in [-0.15, -0.1) is 23.6 Å². The Morgan fingerprint density at radius 3 is 1.92 bits per heavy atom. The van der Waals surface area contributed by atoms with E-state index in [9.17, 15) is 0 Å². The second-order valence-electron chi connectivity index (χ2n) is 15.2. The Kier molecular flexibility index (Phi) is 10.4. The van der Waals surface area contributed by atoms with Gasteiger partial charge in [-0.2, -0.15) is 6.07 Å². The zero-order valence-electron chi connectivity index (χ0n) is 34.2. The van der Waals surface area contributed by atoms with Gasteiger partial charge in [0.2, 0.25) is 5.69 Å². The number of nitrogens with zero attached hydrogens (tertiary/aromatic N) is 7. The minimum atomic E-state index is 0. The van der Waals surface area contributed by atoms with Crippen LogP contribution < -0.4 is 4.74 Å². The van der Waals surface area contributed by atoms with Crippen LogP contribution in [0.2, 0.25) is 0 Å². The summed E-state index contributed by atoms with van der Waals surface area (Å²) in [5.74, 6) is 3.27. The van der Waals surface area contributed by atoms with Gasteiger partial charge in [-0.3, -0.25) is 0 Å². The average molecular weight is 973 g/mol. The van der Waals surface area contributed by atoms with Crippen LogP contribution in [0.3, 0.4) is 0 Å². The fourth-order valence-corrected chi connectivity index (χ4v) is 7.54. The molecule has 6 aromatic carbocycles. The first-order valence-corrected chi connectivity index (χ1v) is 19.9. The van der Waals surface area contributed by atoms with Crippen molar-refractivity contribution in [3.63, 3.8) is 0 Å². The molecule has 0 spiro atoms. The van der Waals surface area contributed by atoms with Crippen LogP contribution in [0.25, 0.3) is 61.8 Å². The van der Waals surface area contributed by atoms with Crippen LogP contribution in [0.4, 0.5) is 11.4 Å². The van der Waals surface area contributed by atoms with Crippen molar-refractivity contribution in [2.45, 2.75) is 34.6 Å². The smallest absolute Gasteiger partial charge is 0.508 e.